The van der Waals surface area contributed by atoms with Gasteiger partial charge in [0.15, 0.2) is 5.78 Å². The number of aromatic hydroxyl groups is 1. The molecule has 0 aliphatic carbocycles. The van der Waals surface area contributed by atoms with Crippen LogP contribution in [0.3, 0.4) is 0 Å². The monoisotopic (exact) mass is 493 g/mol. The van der Waals surface area contributed by atoms with E-state index in [1.807, 2.05) is 25.1 Å². The Hall–Kier alpha value is -2.85. The molecule has 0 unspecified atom stereocenters. The first-order valence-corrected chi connectivity index (χ1v) is 13.2. The summed E-state index contributed by atoms with van der Waals surface area (Å²) >= 11 is 6.35. The number of carbonyl (C=O) groups excluding carboxylic acids is 2. The van der Waals surface area contributed by atoms with Crippen LogP contribution in [0.4, 0.5) is 5.69 Å². The maximum atomic E-state index is 13.0. The van der Waals surface area contributed by atoms with E-state index >= 15 is 0 Å². The number of hydrogen-bond donors (Lipinski definition) is 2. The van der Waals surface area contributed by atoms with Crippen LogP contribution < -0.4 is 5.32 Å². The predicted molar refractivity (Wildman–Crippen MR) is 146 cm³/mol. The average Bonchev–Trinajstić information content (AvgIpc) is 2.86. The van der Waals surface area contributed by atoms with Gasteiger partial charge in [0.2, 0.25) is 0 Å². The van der Waals surface area contributed by atoms with Gasteiger partial charge in [-0.25, -0.2) is 0 Å². The quantitative estimate of drug-likeness (QED) is 0.184. The van der Waals surface area contributed by atoms with Gasteiger partial charge < -0.3 is 10.4 Å². The van der Waals surface area contributed by atoms with E-state index in [1.54, 1.807) is 24.3 Å². The summed E-state index contributed by atoms with van der Waals surface area (Å²) in [7, 11) is 0. The molecule has 3 rings (SSSR count). The molecule has 0 saturated heterocycles. The summed E-state index contributed by atoms with van der Waals surface area (Å²) in [5.74, 6) is -0.500. The third kappa shape index (κ3) is 7.32. The first-order valence-electron chi connectivity index (χ1n) is 12.8. The standard InChI is InChI=1S/C30H36ClNO3/c1-3-4-5-6-7-8-9-10-11-16-28(33)22-18-17-21(2)27(19-22)32-30(35)25-20-26(31)23-14-12-13-15-24(23)29(25)34/h12-15,17-20,34H,3-11,16H2,1-2H3,(H,32,35). The molecule has 1 amide bonds. The summed E-state index contributed by atoms with van der Waals surface area (Å²) in [6, 6.07) is 14.0. The number of benzene rings is 3. The highest BCUT2D eigenvalue weighted by atomic mass is 35.5. The van der Waals surface area contributed by atoms with Crippen LogP contribution >= 0.6 is 11.6 Å². The van der Waals surface area contributed by atoms with Crippen molar-refractivity contribution >= 4 is 39.8 Å². The van der Waals surface area contributed by atoms with Gasteiger partial charge in [-0.3, -0.25) is 9.59 Å². The minimum absolute atomic E-state index is 0.0834. The second-order valence-corrected chi connectivity index (χ2v) is 9.69. The normalized spacial score (nSPS) is 11.1. The highest BCUT2D eigenvalue weighted by Gasteiger charge is 2.18. The largest absolute Gasteiger partial charge is 0.506 e. The summed E-state index contributed by atoms with van der Waals surface area (Å²) < 4.78 is 0. The van der Waals surface area contributed by atoms with E-state index in [2.05, 4.69) is 12.2 Å². The molecular weight excluding hydrogens is 458 g/mol. The lowest BCUT2D eigenvalue weighted by Gasteiger charge is -2.13. The number of nitrogens with one attached hydrogen (secondary N) is 1. The molecule has 0 fully saturated rings. The average molecular weight is 494 g/mol. The van der Waals surface area contributed by atoms with Gasteiger partial charge in [0.25, 0.3) is 5.91 Å². The van der Waals surface area contributed by atoms with Gasteiger partial charge in [-0.15, -0.1) is 0 Å². The van der Waals surface area contributed by atoms with Crippen molar-refractivity contribution in [3.63, 3.8) is 0 Å². The Morgan fingerprint density at radius 1 is 0.857 bits per heavy atom. The molecule has 0 aliphatic heterocycles. The molecule has 0 heterocycles. The van der Waals surface area contributed by atoms with E-state index < -0.39 is 5.91 Å². The van der Waals surface area contributed by atoms with E-state index in [-0.39, 0.29) is 17.1 Å². The van der Waals surface area contributed by atoms with Gasteiger partial charge in [-0.2, -0.15) is 0 Å². The summed E-state index contributed by atoms with van der Waals surface area (Å²) in [4.78, 5) is 25.8. The van der Waals surface area contributed by atoms with E-state index in [1.165, 1.54) is 51.0 Å². The molecule has 5 heteroatoms. The molecule has 0 bridgehead atoms. The van der Waals surface area contributed by atoms with Crippen molar-refractivity contribution < 1.29 is 14.7 Å². The molecule has 3 aromatic rings. The second-order valence-electron chi connectivity index (χ2n) is 9.29. The van der Waals surface area contributed by atoms with Crippen molar-refractivity contribution in [2.45, 2.75) is 78.1 Å². The maximum Gasteiger partial charge on any atom is 0.259 e. The van der Waals surface area contributed by atoms with E-state index in [0.29, 0.717) is 33.5 Å². The number of phenols is 1. The van der Waals surface area contributed by atoms with Crippen LogP contribution in [0, 0.1) is 6.92 Å². The number of aryl methyl sites for hydroxylation is 1. The number of fused-ring (bicyclic) bond motifs is 1. The van der Waals surface area contributed by atoms with Gasteiger partial charge in [-0.1, -0.05) is 106 Å². The Kier molecular flexibility index (Phi) is 10.2. The van der Waals surface area contributed by atoms with Crippen LogP contribution in [0.15, 0.2) is 48.5 Å². The van der Waals surface area contributed by atoms with E-state index in [0.717, 1.165) is 18.4 Å². The lowest BCUT2D eigenvalue weighted by atomic mass is 10.0. The highest BCUT2D eigenvalue weighted by Crippen LogP contribution is 2.35. The predicted octanol–water partition coefficient (Wildman–Crippen LogP) is 8.86. The second kappa shape index (κ2) is 13.3. The van der Waals surface area contributed by atoms with E-state index in [4.69, 9.17) is 11.6 Å². The minimum Gasteiger partial charge on any atom is -0.506 e. The summed E-state index contributed by atoms with van der Waals surface area (Å²) in [6.45, 7) is 4.10. The zero-order valence-corrected chi connectivity index (χ0v) is 21.6. The fraction of sp³-hybridized carbons (Fsp3) is 0.400. The first kappa shape index (κ1) is 26.7. The summed E-state index contributed by atoms with van der Waals surface area (Å²) in [6.07, 6.45) is 11.4. The van der Waals surface area contributed by atoms with Crippen molar-refractivity contribution in [3.8, 4) is 5.75 Å². The third-order valence-electron chi connectivity index (χ3n) is 6.53. The zero-order chi connectivity index (χ0) is 25.2. The van der Waals surface area contributed by atoms with Crippen molar-refractivity contribution in [2.24, 2.45) is 0 Å². The number of ketones is 1. The molecular formula is C30H36ClNO3. The van der Waals surface area contributed by atoms with Crippen LogP contribution in [0.5, 0.6) is 5.75 Å². The summed E-state index contributed by atoms with van der Waals surface area (Å²) in [5.41, 5.74) is 2.08. The highest BCUT2D eigenvalue weighted by molar-refractivity contribution is 6.36. The molecule has 4 nitrogen and oxygen atoms in total. The number of unbranched alkanes of at least 4 members (excludes halogenated alkanes) is 8. The van der Waals surface area contributed by atoms with Crippen LogP contribution in [0.1, 0.15) is 97.4 Å². The first-order chi connectivity index (χ1) is 16.9. The Labute approximate surface area is 213 Å². The van der Waals surface area contributed by atoms with Crippen molar-refractivity contribution in [1.29, 1.82) is 0 Å². The van der Waals surface area contributed by atoms with Crippen molar-refractivity contribution in [1.82, 2.24) is 0 Å². The van der Waals surface area contributed by atoms with Crippen LogP contribution in [-0.2, 0) is 0 Å². The van der Waals surface area contributed by atoms with Crippen molar-refractivity contribution in [3.05, 3.63) is 70.2 Å². The van der Waals surface area contributed by atoms with Crippen LogP contribution in [0.25, 0.3) is 10.8 Å². The molecule has 0 radical (unpaired) electrons. The molecule has 186 valence electrons. The summed E-state index contributed by atoms with van der Waals surface area (Å²) in [5, 5.41) is 15.1. The Morgan fingerprint density at radius 2 is 1.49 bits per heavy atom. The minimum atomic E-state index is -0.471. The van der Waals surface area contributed by atoms with Gasteiger partial charge in [-0.05, 0) is 31.0 Å². The molecule has 3 aromatic carbocycles. The molecule has 0 aliphatic rings. The number of phenolic OH excluding ortho intramolecular Hbond substituents is 1. The molecule has 0 spiro atoms. The van der Waals surface area contributed by atoms with Gasteiger partial charge in [0.05, 0.1) is 5.56 Å². The number of anilines is 1. The Bertz CT molecular complexity index is 1170. The smallest absolute Gasteiger partial charge is 0.259 e. The van der Waals surface area contributed by atoms with Gasteiger partial charge in [0.1, 0.15) is 5.75 Å². The maximum absolute atomic E-state index is 13.0. The SMILES string of the molecule is CCCCCCCCCCCC(=O)c1ccc(C)c(NC(=O)c2cc(Cl)c3ccccc3c2O)c1. The topological polar surface area (TPSA) is 66.4 Å². The molecule has 35 heavy (non-hydrogen) atoms. The molecule has 0 aromatic heterocycles. The number of halogens is 1. The number of carbonyl (C=O) groups is 2. The number of Topliss-reactive ketones (excluding diaryl/α,β-unsaturated/α-hetero) is 1. The van der Waals surface area contributed by atoms with Gasteiger partial charge in [0, 0.05) is 33.5 Å². The zero-order valence-electron chi connectivity index (χ0n) is 20.8. The lowest BCUT2D eigenvalue weighted by Crippen LogP contribution is -2.14. The Balaban J connectivity index is 1.58. The molecule has 2 N–H and O–H groups in total. The lowest BCUT2D eigenvalue weighted by molar-refractivity contribution is 0.0976. The fourth-order valence-electron chi connectivity index (χ4n) is 4.35. The molecule has 0 atom stereocenters. The Morgan fingerprint density at radius 3 is 2.17 bits per heavy atom. The van der Waals surface area contributed by atoms with E-state index in [9.17, 15) is 14.7 Å². The van der Waals surface area contributed by atoms with Crippen LogP contribution in [-0.4, -0.2) is 16.8 Å². The third-order valence-corrected chi connectivity index (χ3v) is 6.84. The number of hydrogen-bond acceptors (Lipinski definition) is 3. The fourth-order valence-corrected chi connectivity index (χ4v) is 4.62. The number of rotatable bonds is 13. The van der Waals surface area contributed by atoms with Crippen LogP contribution in [0.2, 0.25) is 5.02 Å². The van der Waals surface area contributed by atoms with Gasteiger partial charge >= 0.3 is 0 Å². The number of amides is 1. The van der Waals surface area contributed by atoms with Crippen molar-refractivity contribution in [2.75, 3.05) is 5.32 Å². The molecule has 0 saturated carbocycles.